The Morgan fingerprint density at radius 1 is 0.246 bits per heavy atom. The van der Waals surface area contributed by atoms with Crippen molar-refractivity contribution in [3.63, 3.8) is 0 Å². The van der Waals surface area contributed by atoms with Gasteiger partial charge in [0, 0.05) is 138 Å². The highest BCUT2D eigenvalue weighted by Gasteiger charge is 2.67. The first-order chi connectivity index (χ1) is 58.4. The molecule has 0 amide bonds. The van der Waals surface area contributed by atoms with Crippen LogP contribution < -0.4 is 18.9 Å². The number of rotatable bonds is 4. The maximum atomic E-state index is 7.92. The van der Waals surface area contributed by atoms with Crippen molar-refractivity contribution in [3.8, 4) is 23.0 Å². The minimum atomic E-state index is -0.888. The van der Waals surface area contributed by atoms with Crippen molar-refractivity contribution in [3.05, 3.63) is 115 Å². The van der Waals surface area contributed by atoms with Crippen LogP contribution in [0.5, 0.6) is 23.0 Å². The molecule has 20 aliphatic rings. The summed E-state index contributed by atoms with van der Waals surface area (Å²) < 4.78 is 31.7. The van der Waals surface area contributed by atoms with Gasteiger partial charge in [-0.15, -0.1) is 0 Å². The van der Waals surface area contributed by atoms with Gasteiger partial charge in [-0.1, -0.05) is 262 Å². The van der Waals surface area contributed by atoms with Crippen molar-refractivity contribution in [2.75, 3.05) is 0 Å². The van der Waals surface area contributed by atoms with Gasteiger partial charge in [0.2, 0.25) is 11.6 Å². The molecule has 0 N–H and O–H groups in total. The Bertz CT molecular complexity index is 4360. The molecule has 18 saturated carbocycles. The lowest BCUT2D eigenvalue weighted by Crippen LogP contribution is -2.57. The van der Waals surface area contributed by atoms with Crippen LogP contribution in [-0.2, 0) is 66.3 Å². The van der Waals surface area contributed by atoms with Crippen LogP contribution in [0.1, 0.15) is 464 Å². The van der Waals surface area contributed by atoms with Crippen LogP contribution in [0.3, 0.4) is 0 Å². The Balaban J connectivity index is 0.000000165. The summed E-state index contributed by atoms with van der Waals surface area (Å²) >= 11 is 0. The van der Waals surface area contributed by atoms with Gasteiger partial charge in [0.05, 0.1) is 0 Å². The maximum absolute atomic E-state index is 7.92. The van der Waals surface area contributed by atoms with Gasteiger partial charge in [0.15, 0.2) is 0 Å². The van der Waals surface area contributed by atoms with E-state index in [-0.39, 0.29) is 85.3 Å². The Morgan fingerprint density at radius 2 is 0.421 bits per heavy atom. The predicted octanol–water partition coefficient (Wildman–Crippen LogP) is 33.0. The number of fused-ring (bicyclic) bond motifs is 6. The van der Waals surface area contributed by atoms with Gasteiger partial charge in [-0.2, -0.15) is 41.9 Å². The van der Waals surface area contributed by atoms with Crippen molar-refractivity contribution in [2.45, 2.75) is 496 Å². The van der Waals surface area contributed by atoms with Crippen molar-refractivity contribution >= 4 is 65.4 Å². The Kier molecular flexibility index (Phi) is 22.5. The quantitative estimate of drug-likeness (QED) is 0.191. The van der Waals surface area contributed by atoms with Crippen LogP contribution in [0.15, 0.2) is 48.5 Å². The van der Waals surface area contributed by atoms with E-state index in [4.69, 9.17) is 42.4 Å². The van der Waals surface area contributed by atoms with Gasteiger partial charge < -0.3 is 18.9 Å². The van der Waals surface area contributed by atoms with Crippen molar-refractivity contribution in [2.24, 2.45) is 67.0 Å². The molecule has 4 aromatic rings. The molecule has 696 valence electrons. The topological polar surface area (TPSA) is 36.9 Å². The van der Waals surface area contributed by atoms with E-state index in [0.29, 0.717) is 64.3 Å². The second kappa shape index (κ2) is 30.7. The highest BCUT2D eigenvalue weighted by molar-refractivity contribution is 8.18. The molecule has 0 radical (unpaired) electrons. The van der Waals surface area contributed by atoms with Gasteiger partial charge in [-0.25, -0.2) is 0 Å². The molecule has 18 aliphatic carbocycles. The Morgan fingerprint density at radius 3 is 0.579 bits per heavy atom. The molecule has 0 aromatic heterocycles. The fraction of sp³-hybridized carbons (Fsp3) is 0.763. The summed E-state index contributed by atoms with van der Waals surface area (Å²) in [6.45, 7) is 59.5. The summed E-state index contributed by atoms with van der Waals surface area (Å²) in [6.07, 6.45) is 48.0. The summed E-state index contributed by atoms with van der Waals surface area (Å²) in [5, 5.41) is 2.29. The van der Waals surface area contributed by atoms with Crippen LogP contribution in [0.25, 0.3) is 0 Å². The molecule has 2 heterocycles. The first-order valence-electron chi connectivity index (χ1n) is 51.8. The number of benzene rings is 4. The summed E-state index contributed by atoms with van der Waals surface area (Å²) in [4.78, 5) is 0. The normalized spacial score (nSPS) is 43.2. The summed E-state index contributed by atoms with van der Waals surface area (Å²) in [5.74, 6) is 31.1. The third-order valence-electron chi connectivity index (χ3n) is 37.7. The summed E-state index contributed by atoms with van der Waals surface area (Å²) in [6, 6.07) is 21.1. The first-order valence-corrected chi connectivity index (χ1v) is 58.3. The first kappa shape index (κ1) is 92.0. The molecule has 0 spiro atoms. The fourth-order valence-corrected chi connectivity index (χ4v) is 46.0. The van der Waals surface area contributed by atoms with Crippen molar-refractivity contribution in [1.29, 1.82) is 0 Å². The smallest absolute Gasteiger partial charge is 0.245 e. The van der Waals surface area contributed by atoms with Crippen LogP contribution >= 0.6 is 41.9 Å². The molecule has 16 unspecified atom stereocenters. The van der Waals surface area contributed by atoms with E-state index in [9.17, 15) is 0 Å². The van der Waals surface area contributed by atoms with Gasteiger partial charge in [0.25, 0.3) is 0 Å². The molecule has 0 saturated heterocycles. The third kappa shape index (κ3) is 17.1. The molecule has 2 aliphatic heterocycles. The van der Waals surface area contributed by atoms with Gasteiger partial charge in [0.1, 0.15) is 23.0 Å². The fourth-order valence-electron chi connectivity index (χ4n) is 36.6. The van der Waals surface area contributed by atoms with Crippen LogP contribution in [0.2, 0.25) is 0 Å². The molecule has 24 rings (SSSR count). The zero-order valence-corrected chi connectivity index (χ0v) is 87.9. The van der Waals surface area contributed by atoms with E-state index >= 15 is 0 Å². The Hall–Kier alpha value is -3.04. The molecule has 8 heteroatoms. The molecular formula is C118H176O4S4. The van der Waals surface area contributed by atoms with E-state index in [1.54, 1.807) is 0 Å². The molecule has 16 atom stereocenters. The average Bonchev–Trinajstić information content (AvgIpc) is 0.779. The minimum Gasteiger partial charge on any atom is -0.452 e. The van der Waals surface area contributed by atoms with Crippen LogP contribution in [-0.4, -0.2) is 56.1 Å². The lowest BCUT2D eigenvalue weighted by molar-refractivity contribution is -0.118. The molecule has 18 fully saturated rings. The zero-order valence-electron chi connectivity index (χ0n) is 84.6. The second-order valence-electron chi connectivity index (χ2n) is 56.8. The van der Waals surface area contributed by atoms with Crippen molar-refractivity contribution in [1.82, 2.24) is 0 Å². The average molecular weight is 1790 g/mol. The molecule has 4 aromatic carbocycles. The maximum Gasteiger partial charge on any atom is 0.245 e. The van der Waals surface area contributed by atoms with Crippen molar-refractivity contribution < 1.29 is 18.9 Å². The minimum absolute atomic E-state index is 0.0270. The van der Waals surface area contributed by atoms with Crippen LogP contribution in [0, 0.1) is 67.0 Å². The van der Waals surface area contributed by atoms with E-state index < -0.39 is 11.6 Å². The highest BCUT2D eigenvalue weighted by atomic mass is 32.2. The lowest BCUT2D eigenvalue weighted by Gasteiger charge is -2.66. The van der Waals surface area contributed by atoms with E-state index in [1.165, 1.54) is 321 Å². The van der Waals surface area contributed by atoms with Gasteiger partial charge in [-0.05, 0) is 291 Å². The Labute approximate surface area is 779 Å². The van der Waals surface area contributed by atoms with E-state index in [1.807, 2.05) is 0 Å². The van der Waals surface area contributed by atoms with Crippen LogP contribution in [0.4, 0.5) is 0 Å². The summed E-state index contributed by atoms with van der Waals surface area (Å²) in [7, 11) is -0.288. The SMILES string of the molecule is C=S1Cc2cc(C(C)(C)C)cc(C34CC5CC(C)(CC(C)(C5)C3)C4)c2OC(C)(C)Oc2c(cc(C(C)(C)C)cc2C23CC4CC(C)(CC(C)(C4)C2)C3)CS(=C)C2CCCCCCC21.C=S1Cc2cc(C(C)(C)C)cc(C34CC5CC(C)(CC(C)(C5)C3)C4)c2OC(C)(C)Oc2c(cc(C(C)(C)C)cc2C23CC4CC(C)(CC(C)(C4)C2)C3)CS(=C)C2CCCCCCC21. The third-order valence-corrected chi connectivity index (χ3v) is 46.4. The molecule has 4 nitrogen and oxygen atoms in total. The monoisotopic (exact) mass is 1790 g/mol. The van der Waals surface area contributed by atoms with Gasteiger partial charge in [-0.3, -0.25) is 0 Å². The zero-order chi connectivity index (χ0) is 89.9. The number of hydrogen-bond donors (Lipinski definition) is 0. The number of hydrogen-bond acceptors (Lipinski definition) is 4. The van der Waals surface area contributed by atoms with E-state index in [0.717, 1.165) is 46.7 Å². The predicted molar refractivity (Wildman–Crippen MR) is 552 cm³/mol. The second-order valence-corrected chi connectivity index (χ2v) is 64.6. The van der Waals surface area contributed by atoms with E-state index in [2.05, 4.69) is 215 Å². The molecule has 126 heavy (non-hydrogen) atoms. The largest absolute Gasteiger partial charge is 0.452 e. The highest BCUT2D eigenvalue weighted by Crippen LogP contribution is 2.77. The standard InChI is InChI=1S/2C59H88O2S2/c2*1-51(2,3)43-21-41-31-62(13)47-19-17-15-16-18-20-48(47)63(14)32-42-22-44(52(4,5)6)24-46(59-30-40-27-56(11,37-59)34-57(12,28-40)38-59)50(42)61-53(7,8)60-49(41)45(23-43)58-29-39-25-54(9,35-58)33-55(10,26-39)36-58/h2*21-24,39-40,47-48H,13-20,25-38H2,1-12H3. The molecular weight excluding hydrogens is 1610 g/mol. The lowest BCUT2D eigenvalue weighted by atomic mass is 9.39. The number of ether oxygens (including phenoxy) is 4. The summed E-state index contributed by atoms with van der Waals surface area (Å²) in [5.41, 5.74) is 21.4. The van der Waals surface area contributed by atoms with Gasteiger partial charge >= 0.3 is 0 Å². The molecule has 16 bridgehead atoms.